The standard InChI is InChI=1S/C12H18N4O5/c17-10(6-8-7-20-5-4-13-8)14-3-1-2-9-11(12(18)19)16-21-15-9/h8,13H,1-7H2,(H,14,17)(H,18,19)/t8-/m0/s1. The Bertz CT molecular complexity index is 484. The highest BCUT2D eigenvalue weighted by Crippen LogP contribution is 2.05. The first kappa shape index (κ1) is 15.4. The topological polar surface area (TPSA) is 127 Å². The van der Waals surface area contributed by atoms with Gasteiger partial charge in [-0.25, -0.2) is 9.42 Å². The number of ether oxygens (including phenoxy) is 1. The zero-order valence-corrected chi connectivity index (χ0v) is 11.5. The van der Waals surface area contributed by atoms with E-state index in [1.807, 2.05) is 0 Å². The molecule has 1 aromatic heterocycles. The first-order valence-electron chi connectivity index (χ1n) is 6.79. The van der Waals surface area contributed by atoms with E-state index in [1.54, 1.807) is 0 Å². The quantitative estimate of drug-likeness (QED) is 0.558. The van der Waals surface area contributed by atoms with E-state index in [4.69, 9.17) is 9.84 Å². The number of carboxylic acid groups (broad SMARTS) is 1. The Labute approximate surface area is 121 Å². The summed E-state index contributed by atoms with van der Waals surface area (Å²) in [6.45, 7) is 2.42. The number of carboxylic acids is 1. The summed E-state index contributed by atoms with van der Waals surface area (Å²) >= 11 is 0. The van der Waals surface area contributed by atoms with Crippen molar-refractivity contribution in [1.29, 1.82) is 0 Å². The first-order chi connectivity index (χ1) is 10.2. The van der Waals surface area contributed by atoms with Crippen molar-refractivity contribution in [1.82, 2.24) is 20.9 Å². The van der Waals surface area contributed by atoms with Crippen LogP contribution in [0.3, 0.4) is 0 Å². The van der Waals surface area contributed by atoms with Crippen LogP contribution in [0.2, 0.25) is 0 Å². The Morgan fingerprint density at radius 1 is 1.43 bits per heavy atom. The van der Waals surface area contributed by atoms with Crippen LogP contribution in [0, 0.1) is 0 Å². The molecule has 1 amide bonds. The van der Waals surface area contributed by atoms with Crippen molar-refractivity contribution in [3.05, 3.63) is 11.4 Å². The summed E-state index contributed by atoms with van der Waals surface area (Å²) in [6, 6.07) is 0.0529. The molecule has 9 heteroatoms. The van der Waals surface area contributed by atoms with Gasteiger partial charge in [-0.15, -0.1) is 0 Å². The molecule has 21 heavy (non-hydrogen) atoms. The smallest absolute Gasteiger partial charge is 0.360 e. The normalized spacial score (nSPS) is 18.4. The first-order valence-corrected chi connectivity index (χ1v) is 6.79. The lowest BCUT2D eigenvalue weighted by atomic mass is 10.1. The van der Waals surface area contributed by atoms with Gasteiger partial charge < -0.3 is 20.5 Å². The molecule has 0 aromatic carbocycles. The van der Waals surface area contributed by atoms with Crippen LogP contribution in [0.1, 0.15) is 29.0 Å². The van der Waals surface area contributed by atoms with Crippen LogP contribution < -0.4 is 10.6 Å². The van der Waals surface area contributed by atoms with Crippen LogP contribution in [-0.2, 0) is 16.0 Å². The molecule has 1 saturated heterocycles. The number of hydrogen-bond acceptors (Lipinski definition) is 7. The van der Waals surface area contributed by atoms with Crippen molar-refractivity contribution < 1.29 is 24.1 Å². The summed E-state index contributed by atoms with van der Waals surface area (Å²) in [5, 5.41) is 21.7. The van der Waals surface area contributed by atoms with Gasteiger partial charge in [-0.3, -0.25) is 4.79 Å². The summed E-state index contributed by atoms with van der Waals surface area (Å²) < 4.78 is 9.66. The van der Waals surface area contributed by atoms with Gasteiger partial charge >= 0.3 is 5.97 Å². The lowest BCUT2D eigenvalue weighted by Crippen LogP contribution is -2.44. The Morgan fingerprint density at radius 2 is 2.29 bits per heavy atom. The van der Waals surface area contributed by atoms with Crippen LogP contribution in [0.4, 0.5) is 0 Å². The Hall–Kier alpha value is -2.00. The minimum absolute atomic E-state index is 0.0529. The van der Waals surface area contributed by atoms with Crippen molar-refractivity contribution in [3.63, 3.8) is 0 Å². The summed E-state index contributed by atoms with van der Waals surface area (Å²) in [5.41, 5.74) is 0.115. The number of morpholine rings is 1. The molecule has 1 aliphatic heterocycles. The van der Waals surface area contributed by atoms with Gasteiger partial charge in [0, 0.05) is 25.6 Å². The minimum Gasteiger partial charge on any atom is -0.476 e. The van der Waals surface area contributed by atoms with Crippen LogP contribution in [0.15, 0.2) is 4.63 Å². The molecule has 3 N–H and O–H groups in total. The lowest BCUT2D eigenvalue weighted by molar-refractivity contribution is -0.122. The van der Waals surface area contributed by atoms with Crippen LogP contribution in [0.5, 0.6) is 0 Å². The van der Waals surface area contributed by atoms with Crippen LogP contribution in [0.25, 0.3) is 0 Å². The Kier molecular flexibility index (Phi) is 5.64. The van der Waals surface area contributed by atoms with Gasteiger partial charge in [0.05, 0.1) is 13.2 Å². The van der Waals surface area contributed by atoms with Gasteiger partial charge in [-0.1, -0.05) is 5.16 Å². The highest BCUT2D eigenvalue weighted by Gasteiger charge is 2.18. The highest BCUT2D eigenvalue weighted by molar-refractivity contribution is 5.86. The van der Waals surface area contributed by atoms with Crippen molar-refractivity contribution in [3.8, 4) is 0 Å². The fraction of sp³-hybridized carbons (Fsp3) is 0.667. The zero-order chi connectivity index (χ0) is 15.1. The molecular formula is C12H18N4O5. The molecule has 116 valence electrons. The average Bonchev–Trinajstić information content (AvgIpc) is 2.93. The van der Waals surface area contributed by atoms with Crippen LogP contribution in [-0.4, -0.2) is 59.6 Å². The van der Waals surface area contributed by atoms with E-state index in [9.17, 15) is 9.59 Å². The molecule has 2 rings (SSSR count). The number of aromatic nitrogens is 2. The number of nitrogens with zero attached hydrogens (tertiary/aromatic N) is 2. The molecule has 0 spiro atoms. The minimum atomic E-state index is -1.17. The molecule has 2 heterocycles. The van der Waals surface area contributed by atoms with Crippen molar-refractivity contribution >= 4 is 11.9 Å². The molecule has 1 fully saturated rings. The molecule has 0 bridgehead atoms. The molecule has 1 aromatic rings. The molecular weight excluding hydrogens is 280 g/mol. The number of rotatable bonds is 7. The molecule has 0 unspecified atom stereocenters. The summed E-state index contributed by atoms with van der Waals surface area (Å²) in [4.78, 5) is 22.5. The highest BCUT2D eigenvalue weighted by atomic mass is 16.6. The van der Waals surface area contributed by atoms with Crippen LogP contribution >= 0.6 is 0 Å². The SMILES string of the molecule is O=C(C[C@H]1COCCN1)NCCCc1nonc1C(=O)O. The Morgan fingerprint density at radius 3 is 3.00 bits per heavy atom. The zero-order valence-electron chi connectivity index (χ0n) is 11.5. The van der Waals surface area contributed by atoms with Gasteiger partial charge in [-0.2, -0.15) is 0 Å². The number of carbonyl (C=O) groups excluding carboxylic acids is 1. The third-order valence-corrected chi connectivity index (χ3v) is 3.10. The second-order valence-corrected chi connectivity index (χ2v) is 4.75. The van der Waals surface area contributed by atoms with Gasteiger partial charge in [-0.05, 0) is 18.0 Å². The fourth-order valence-electron chi connectivity index (χ4n) is 2.06. The fourth-order valence-corrected chi connectivity index (χ4v) is 2.06. The third kappa shape index (κ3) is 4.80. The number of amides is 1. The molecule has 0 radical (unpaired) electrons. The molecule has 0 saturated carbocycles. The number of aromatic carboxylic acids is 1. The van der Waals surface area contributed by atoms with Crippen molar-refractivity contribution in [2.45, 2.75) is 25.3 Å². The van der Waals surface area contributed by atoms with Gasteiger partial charge in [0.25, 0.3) is 0 Å². The monoisotopic (exact) mass is 298 g/mol. The molecule has 0 aliphatic carbocycles. The summed E-state index contributed by atoms with van der Waals surface area (Å²) in [7, 11) is 0. The molecule has 1 aliphatic rings. The Balaban J connectivity index is 1.63. The van der Waals surface area contributed by atoms with Gasteiger partial charge in [0.1, 0.15) is 5.69 Å². The van der Waals surface area contributed by atoms with E-state index in [1.165, 1.54) is 0 Å². The molecule has 9 nitrogen and oxygen atoms in total. The summed E-state index contributed by atoms with van der Waals surface area (Å²) in [6.07, 6.45) is 1.32. The maximum Gasteiger partial charge on any atom is 0.360 e. The van der Waals surface area contributed by atoms with E-state index >= 15 is 0 Å². The maximum absolute atomic E-state index is 11.7. The second kappa shape index (κ2) is 7.70. The number of nitrogens with one attached hydrogen (secondary N) is 2. The third-order valence-electron chi connectivity index (χ3n) is 3.10. The number of aryl methyl sites for hydroxylation is 1. The average molecular weight is 298 g/mol. The van der Waals surface area contributed by atoms with Gasteiger partial charge in [0.15, 0.2) is 0 Å². The van der Waals surface area contributed by atoms with E-state index in [0.717, 1.165) is 6.54 Å². The molecule has 1 atom stereocenters. The van der Waals surface area contributed by atoms with E-state index in [-0.39, 0.29) is 17.6 Å². The van der Waals surface area contributed by atoms with E-state index in [2.05, 4.69) is 25.6 Å². The number of hydrogen-bond donors (Lipinski definition) is 3. The predicted octanol–water partition coefficient (Wildman–Crippen LogP) is -0.805. The summed E-state index contributed by atoms with van der Waals surface area (Å²) in [5.74, 6) is -1.23. The maximum atomic E-state index is 11.7. The van der Waals surface area contributed by atoms with E-state index < -0.39 is 5.97 Å². The predicted molar refractivity (Wildman–Crippen MR) is 69.8 cm³/mol. The van der Waals surface area contributed by atoms with Gasteiger partial charge in [0.2, 0.25) is 11.6 Å². The van der Waals surface area contributed by atoms with Crippen molar-refractivity contribution in [2.24, 2.45) is 0 Å². The lowest BCUT2D eigenvalue weighted by Gasteiger charge is -2.23. The number of carbonyl (C=O) groups is 2. The largest absolute Gasteiger partial charge is 0.476 e. The van der Waals surface area contributed by atoms with E-state index in [0.29, 0.717) is 44.7 Å². The second-order valence-electron chi connectivity index (χ2n) is 4.75. The van der Waals surface area contributed by atoms with Crippen molar-refractivity contribution in [2.75, 3.05) is 26.3 Å².